The summed E-state index contributed by atoms with van der Waals surface area (Å²) in [6.07, 6.45) is 4.56. The van der Waals surface area contributed by atoms with Crippen LogP contribution in [-0.2, 0) is 6.42 Å². The summed E-state index contributed by atoms with van der Waals surface area (Å²) in [7, 11) is 0. The maximum absolute atomic E-state index is 5.27. The number of nitrogens with one attached hydrogen (secondary N) is 2. The molecular formula is C14H14IN3S. The first-order valence-electron chi connectivity index (χ1n) is 5.94. The molecule has 0 spiro atoms. The number of benzene rings is 1. The Kier molecular flexibility index (Phi) is 5.53. The molecule has 2 rings (SSSR count). The molecule has 0 unspecified atom stereocenters. The minimum atomic E-state index is 0.646. The van der Waals surface area contributed by atoms with Gasteiger partial charge in [0.15, 0.2) is 5.11 Å². The summed E-state index contributed by atoms with van der Waals surface area (Å²) in [5.41, 5.74) is 2.23. The Bertz CT molecular complexity index is 545. The van der Waals surface area contributed by atoms with Crippen LogP contribution in [0.3, 0.4) is 0 Å². The Hall–Kier alpha value is -1.21. The molecule has 0 radical (unpaired) electrons. The average molecular weight is 383 g/mol. The van der Waals surface area contributed by atoms with E-state index in [0.717, 1.165) is 22.2 Å². The molecule has 0 bridgehead atoms. The third-order valence-electron chi connectivity index (χ3n) is 2.54. The fourth-order valence-corrected chi connectivity index (χ4v) is 2.33. The van der Waals surface area contributed by atoms with E-state index in [2.05, 4.69) is 44.3 Å². The van der Waals surface area contributed by atoms with Crippen molar-refractivity contribution >= 4 is 45.6 Å². The van der Waals surface area contributed by atoms with E-state index in [1.54, 1.807) is 6.20 Å². The van der Waals surface area contributed by atoms with E-state index in [-0.39, 0.29) is 0 Å². The van der Waals surface area contributed by atoms with Crippen LogP contribution in [0, 0.1) is 3.57 Å². The lowest BCUT2D eigenvalue weighted by Crippen LogP contribution is -2.30. The highest BCUT2D eigenvalue weighted by Gasteiger charge is 2.00. The van der Waals surface area contributed by atoms with Gasteiger partial charge in [-0.2, -0.15) is 0 Å². The molecule has 0 saturated heterocycles. The van der Waals surface area contributed by atoms with Crippen LogP contribution in [0.1, 0.15) is 5.56 Å². The van der Waals surface area contributed by atoms with Crippen LogP contribution < -0.4 is 10.6 Å². The number of thiocarbonyl (C=S) groups is 1. The van der Waals surface area contributed by atoms with Gasteiger partial charge in [0.25, 0.3) is 0 Å². The minimum Gasteiger partial charge on any atom is -0.362 e. The van der Waals surface area contributed by atoms with E-state index < -0.39 is 0 Å². The molecule has 0 amide bonds. The second kappa shape index (κ2) is 7.40. The number of aromatic nitrogens is 1. The van der Waals surface area contributed by atoms with Crippen molar-refractivity contribution in [2.45, 2.75) is 6.42 Å². The number of pyridine rings is 1. The molecule has 5 heteroatoms. The fraction of sp³-hybridized carbons (Fsp3) is 0.143. The first kappa shape index (κ1) is 14.2. The van der Waals surface area contributed by atoms with Crippen molar-refractivity contribution < 1.29 is 0 Å². The molecule has 0 aliphatic carbocycles. The lowest BCUT2D eigenvalue weighted by molar-refractivity contribution is 0.868. The molecule has 0 saturated carbocycles. The Balaban J connectivity index is 1.78. The van der Waals surface area contributed by atoms with Gasteiger partial charge >= 0.3 is 0 Å². The highest BCUT2D eigenvalue weighted by atomic mass is 127. The molecule has 0 fully saturated rings. The van der Waals surface area contributed by atoms with Crippen LogP contribution in [-0.4, -0.2) is 16.6 Å². The number of hydrogen-bond acceptors (Lipinski definition) is 2. The standard InChI is InChI=1S/C14H14IN3S/c15-12-5-1-2-6-13(12)18-14(19)17-9-7-11-4-3-8-16-10-11/h1-6,8,10H,7,9H2,(H2,17,18,19). The quantitative estimate of drug-likeness (QED) is 0.628. The Morgan fingerprint density at radius 2 is 2.05 bits per heavy atom. The summed E-state index contributed by atoms with van der Waals surface area (Å²) < 4.78 is 1.15. The predicted octanol–water partition coefficient (Wildman–Crippen LogP) is 3.22. The second-order valence-electron chi connectivity index (χ2n) is 3.97. The van der Waals surface area contributed by atoms with Gasteiger partial charge in [0, 0.05) is 22.5 Å². The molecule has 98 valence electrons. The van der Waals surface area contributed by atoms with Crippen molar-refractivity contribution in [1.82, 2.24) is 10.3 Å². The van der Waals surface area contributed by atoms with Gasteiger partial charge in [-0.1, -0.05) is 18.2 Å². The van der Waals surface area contributed by atoms with Crippen molar-refractivity contribution in [2.75, 3.05) is 11.9 Å². The summed E-state index contributed by atoms with van der Waals surface area (Å²) in [6, 6.07) is 12.1. The maximum Gasteiger partial charge on any atom is 0.170 e. The molecule has 0 aliphatic rings. The SMILES string of the molecule is S=C(NCCc1cccnc1)Nc1ccccc1I. The van der Waals surface area contributed by atoms with Gasteiger partial charge in [-0.25, -0.2) is 0 Å². The molecule has 3 nitrogen and oxygen atoms in total. The van der Waals surface area contributed by atoms with Crippen LogP contribution in [0.5, 0.6) is 0 Å². The number of para-hydroxylation sites is 1. The first-order valence-corrected chi connectivity index (χ1v) is 7.42. The van der Waals surface area contributed by atoms with E-state index in [1.807, 2.05) is 36.5 Å². The van der Waals surface area contributed by atoms with Crippen LogP contribution >= 0.6 is 34.8 Å². The Labute approximate surface area is 132 Å². The molecular weight excluding hydrogens is 369 g/mol. The third-order valence-corrected chi connectivity index (χ3v) is 3.73. The number of anilines is 1. The van der Waals surface area contributed by atoms with Crippen LogP contribution in [0.25, 0.3) is 0 Å². The summed E-state index contributed by atoms with van der Waals surface area (Å²) in [5.74, 6) is 0. The molecule has 1 heterocycles. The van der Waals surface area contributed by atoms with Crippen molar-refractivity contribution in [1.29, 1.82) is 0 Å². The molecule has 2 N–H and O–H groups in total. The average Bonchev–Trinajstić information content (AvgIpc) is 2.43. The summed E-state index contributed by atoms with van der Waals surface area (Å²) in [5, 5.41) is 7.04. The largest absolute Gasteiger partial charge is 0.362 e. The lowest BCUT2D eigenvalue weighted by atomic mass is 10.2. The molecule has 0 aliphatic heterocycles. The molecule has 0 atom stereocenters. The predicted molar refractivity (Wildman–Crippen MR) is 91.3 cm³/mol. The van der Waals surface area contributed by atoms with E-state index >= 15 is 0 Å². The Morgan fingerprint density at radius 1 is 1.21 bits per heavy atom. The summed E-state index contributed by atoms with van der Waals surface area (Å²) in [4.78, 5) is 4.08. The van der Waals surface area contributed by atoms with Gasteiger partial charge in [0.2, 0.25) is 0 Å². The van der Waals surface area contributed by atoms with Crippen molar-refractivity contribution in [3.8, 4) is 0 Å². The van der Waals surface area contributed by atoms with E-state index in [4.69, 9.17) is 12.2 Å². The monoisotopic (exact) mass is 383 g/mol. The van der Waals surface area contributed by atoms with Crippen LogP contribution in [0.4, 0.5) is 5.69 Å². The molecule has 2 aromatic rings. The van der Waals surface area contributed by atoms with Crippen LogP contribution in [0.15, 0.2) is 48.8 Å². The number of halogens is 1. The highest BCUT2D eigenvalue weighted by molar-refractivity contribution is 14.1. The maximum atomic E-state index is 5.27. The summed E-state index contributed by atoms with van der Waals surface area (Å²) >= 11 is 7.55. The van der Waals surface area contributed by atoms with Crippen molar-refractivity contribution in [2.24, 2.45) is 0 Å². The summed E-state index contributed by atoms with van der Waals surface area (Å²) in [6.45, 7) is 0.793. The van der Waals surface area contributed by atoms with Gasteiger partial charge in [0.1, 0.15) is 0 Å². The zero-order valence-electron chi connectivity index (χ0n) is 10.3. The number of nitrogens with zero attached hydrogens (tertiary/aromatic N) is 1. The topological polar surface area (TPSA) is 37.0 Å². The molecule has 1 aromatic heterocycles. The van der Waals surface area contributed by atoms with Crippen molar-refractivity contribution in [3.05, 3.63) is 57.9 Å². The fourth-order valence-electron chi connectivity index (χ4n) is 1.60. The zero-order chi connectivity index (χ0) is 13.5. The first-order chi connectivity index (χ1) is 9.25. The van der Waals surface area contributed by atoms with Crippen LogP contribution in [0.2, 0.25) is 0 Å². The van der Waals surface area contributed by atoms with Gasteiger partial charge < -0.3 is 10.6 Å². The minimum absolute atomic E-state index is 0.646. The number of rotatable bonds is 4. The lowest BCUT2D eigenvalue weighted by Gasteiger charge is -2.11. The van der Waals surface area contributed by atoms with Gasteiger partial charge in [0.05, 0.1) is 5.69 Å². The Morgan fingerprint density at radius 3 is 2.79 bits per heavy atom. The van der Waals surface area contributed by atoms with Crippen molar-refractivity contribution in [3.63, 3.8) is 0 Å². The second-order valence-corrected chi connectivity index (χ2v) is 5.54. The number of hydrogen-bond donors (Lipinski definition) is 2. The smallest absolute Gasteiger partial charge is 0.170 e. The van der Waals surface area contributed by atoms with Gasteiger partial charge in [-0.05, 0) is 65.0 Å². The third kappa shape index (κ3) is 4.76. The molecule has 19 heavy (non-hydrogen) atoms. The molecule has 1 aromatic carbocycles. The van der Waals surface area contributed by atoms with E-state index in [1.165, 1.54) is 5.56 Å². The normalized spacial score (nSPS) is 9.95. The highest BCUT2D eigenvalue weighted by Crippen LogP contribution is 2.16. The zero-order valence-corrected chi connectivity index (χ0v) is 13.2. The van der Waals surface area contributed by atoms with Gasteiger partial charge in [-0.3, -0.25) is 4.98 Å². The van der Waals surface area contributed by atoms with E-state index in [9.17, 15) is 0 Å². The van der Waals surface area contributed by atoms with E-state index in [0.29, 0.717) is 5.11 Å². The van der Waals surface area contributed by atoms with Gasteiger partial charge in [-0.15, -0.1) is 0 Å².